The molecular weight excluding hydrogens is 272 g/mol. The molecule has 0 spiro atoms. The predicted octanol–water partition coefficient (Wildman–Crippen LogP) is 1.03. The SMILES string of the molecule is C=CCNC(=O)CN1CC(c2nc(-c3ccco3)no2)C1. The standard InChI is InChI=1S/C14H16N4O3/c1-2-5-15-12(19)9-18-7-10(8-18)14-16-13(17-21-14)11-4-3-6-20-11/h2-4,6,10H,1,5,7-9H2,(H,15,19). The molecule has 0 unspecified atom stereocenters. The average molecular weight is 288 g/mol. The van der Waals surface area contributed by atoms with Crippen molar-refractivity contribution in [2.24, 2.45) is 0 Å². The number of amides is 1. The third-order valence-electron chi connectivity index (χ3n) is 3.30. The molecule has 1 aliphatic heterocycles. The van der Waals surface area contributed by atoms with E-state index >= 15 is 0 Å². The molecule has 1 aliphatic rings. The van der Waals surface area contributed by atoms with Gasteiger partial charge in [-0.2, -0.15) is 4.98 Å². The molecule has 1 amide bonds. The van der Waals surface area contributed by atoms with Crippen LogP contribution in [0.5, 0.6) is 0 Å². The van der Waals surface area contributed by atoms with E-state index in [4.69, 9.17) is 8.94 Å². The minimum Gasteiger partial charge on any atom is -0.461 e. The van der Waals surface area contributed by atoms with E-state index in [0.29, 0.717) is 30.6 Å². The number of carbonyl (C=O) groups is 1. The third kappa shape index (κ3) is 3.03. The van der Waals surface area contributed by atoms with Gasteiger partial charge < -0.3 is 14.3 Å². The molecule has 3 heterocycles. The summed E-state index contributed by atoms with van der Waals surface area (Å²) in [4.78, 5) is 17.9. The van der Waals surface area contributed by atoms with Crippen molar-refractivity contribution in [2.45, 2.75) is 5.92 Å². The van der Waals surface area contributed by atoms with Crippen LogP contribution < -0.4 is 5.32 Å². The summed E-state index contributed by atoms with van der Waals surface area (Å²) >= 11 is 0. The minimum absolute atomic E-state index is 0.00449. The van der Waals surface area contributed by atoms with Gasteiger partial charge in [-0.3, -0.25) is 9.69 Å². The van der Waals surface area contributed by atoms with E-state index < -0.39 is 0 Å². The van der Waals surface area contributed by atoms with Crippen LogP contribution in [0, 0.1) is 0 Å². The highest BCUT2D eigenvalue weighted by atomic mass is 16.5. The first kappa shape index (κ1) is 13.6. The van der Waals surface area contributed by atoms with Crippen molar-refractivity contribution in [1.82, 2.24) is 20.4 Å². The van der Waals surface area contributed by atoms with Gasteiger partial charge in [0.2, 0.25) is 17.6 Å². The van der Waals surface area contributed by atoms with E-state index in [-0.39, 0.29) is 11.8 Å². The summed E-state index contributed by atoms with van der Waals surface area (Å²) in [6.45, 7) is 5.90. The van der Waals surface area contributed by atoms with Crippen LogP contribution >= 0.6 is 0 Å². The van der Waals surface area contributed by atoms with Crippen molar-refractivity contribution >= 4 is 5.91 Å². The zero-order chi connectivity index (χ0) is 14.7. The van der Waals surface area contributed by atoms with Gasteiger partial charge in [0.1, 0.15) is 0 Å². The molecule has 0 saturated carbocycles. The molecule has 1 saturated heterocycles. The Bertz CT molecular complexity index is 614. The van der Waals surface area contributed by atoms with Gasteiger partial charge in [-0.25, -0.2) is 0 Å². The summed E-state index contributed by atoms with van der Waals surface area (Å²) < 4.78 is 10.5. The second-order valence-electron chi connectivity index (χ2n) is 4.92. The molecule has 21 heavy (non-hydrogen) atoms. The maximum absolute atomic E-state index is 11.5. The van der Waals surface area contributed by atoms with Crippen molar-refractivity contribution in [1.29, 1.82) is 0 Å². The maximum Gasteiger partial charge on any atom is 0.238 e. The van der Waals surface area contributed by atoms with Gasteiger partial charge in [-0.05, 0) is 12.1 Å². The van der Waals surface area contributed by atoms with Gasteiger partial charge in [0.25, 0.3) is 0 Å². The number of nitrogens with zero attached hydrogens (tertiary/aromatic N) is 3. The summed E-state index contributed by atoms with van der Waals surface area (Å²) in [6.07, 6.45) is 3.23. The van der Waals surface area contributed by atoms with Gasteiger partial charge in [0.15, 0.2) is 5.76 Å². The van der Waals surface area contributed by atoms with Crippen molar-refractivity contribution in [2.75, 3.05) is 26.2 Å². The van der Waals surface area contributed by atoms with Crippen LogP contribution in [-0.2, 0) is 4.79 Å². The number of hydrogen-bond donors (Lipinski definition) is 1. The van der Waals surface area contributed by atoms with Gasteiger partial charge in [0, 0.05) is 19.6 Å². The number of carbonyl (C=O) groups excluding carboxylic acids is 1. The summed E-state index contributed by atoms with van der Waals surface area (Å²) in [6, 6.07) is 3.56. The number of nitrogens with one attached hydrogen (secondary N) is 1. The van der Waals surface area contributed by atoms with E-state index in [1.165, 1.54) is 0 Å². The molecule has 7 nitrogen and oxygen atoms in total. The van der Waals surface area contributed by atoms with Gasteiger partial charge in [-0.1, -0.05) is 11.2 Å². The largest absolute Gasteiger partial charge is 0.461 e. The van der Waals surface area contributed by atoms with E-state index in [0.717, 1.165) is 13.1 Å². The molecule has 1 N–H and O–H groups in total. The fourth-order valence-electron chi connectivity index (χ4n) is 2.21. The van der Waals surface area contributed by atoms with Crippen molar-refractivity contribution in [3.05, 3.63) is 36.9 Å². The molecule has 1 fully saturated rings. The molecule has 0 aliphatic carbocycles. The van der Waals surface area contributed by atoms with Crippen LogP contribution in [0.4, 0.5) is 0 Å². The van der Waals surface area contributed by atoms with Crippen LogP contribution in [0.3, 0.4) is 0 Å². The van der Waals surface area contributed by atoms with E-state index in [1.807, 2.05) is 4.90 Å². The Hall–Kier alpha value is -2.41. The first-order chi connectivity index (χ1) is 10.3. The lowest BCUT2D eigenvalue weighted by Gasteiger charge is -2.36. The summed E-state index contributed by atoms with van der Waals surface area (Å²) in [5, 5.41) is 6.65. The Balaban J connectivity index is 1.50. The van der Waals surface area contributed by atoms with Crippen molar-refractivity contribution in [3.63, 3.8) is 0 Å². The third-order valence-corrected chi connectivity index (χ3v) is 3.30. The van der Waals surface area contributed by atoms with Crippen LogP contribution in [-0.4, -0.2) is 47.1 Å². The molecule has 0 radical (unpaired) electrons. The number of aromatic nitrogens is 2. The lowest BCUT2D eigenvalue weighted by molar-refractivity contribution is -0.123. The highest BCUT2D eigenvalue weighted by molar-refractivity contribution is 5.78. The second-order valence-corrected chi connectivity index (χ2v) is 4.92. The Labute approximate surface area is 121 Å². The predicted molar refractivity (Wildman–Crippen MR) is 74.4 cm³/mol. The van der Waals surface area contributed by atoms with Crippen LogP contribution in [0.1, 0.15) is 11.8 Å². The Kier molecular flexibility index (Phi) is 3.83. The zero-order valence-corrected chi connectivity index (χ0v) is 11.5. The fourth-order valence-corrected chi connectivity index (χ4v) is 2.21. The van der Waals surface area contributed by atoms with Crippen molar-refractivity contribution < 1.29 is 13.7 Å². The Morgan fingerprint density at radius 1 is 1.57 bits per heavy atom. The molecular formula is C14H16N4O3. The van der Waals surface area contributed by atoms with Crippen LogP contribution in [0.25, 0.3) is 11.6 Å². The number of likely N-dealkylation sites (tertiary alicyclic amines) is 1. The normalized spacial score (nSPS) is 15.6. The van der Waals surface area contributed by atoms with Gasteiger partial charge in [-0.15, -0.1) is 6.58 Å². The van der Waals surface area contributed by atoms with E-state index in [1.54, 1.807) is 24.5 Å². The first-order valence-electron chi connectivity index (χ1n) is 6.73. The quantitative estimate of drug-likeness (QED) is 0.799. The highest BCUT2D eigenvalue weighted by Gasteiger charge is 2.33. The molecule has 3 rings (SSSR count). The van der Waals surface area contributed by atoms with Crippen LogP contribution in [0.2, 0.25) is 0 Å². The van der Waals surface area contributed by atoms with Gasteiger partial charge >= 0.3 is 0 Å². The minimum atomic E-state index is -0.00449. The summed E-state index contributed by atoms with van der Waals surface area (Å²) in [5.41, 5.74) is 0. The monoisotopic (exact) mass is 288 g/mol. The molecule has 0 atom stereocenters. The fraction of sp³-hybridized carbons (Fsp3) is 0.357. The number of hydrogen-bond acceptors (Lipinski definition) is 6. The molecule has 110 valence electrons. The molecule has 7 heteroatoms. The molecule has 2 aromatic rings. The smallest absolute Gasteiger partial charge is 0.238 e. The lowest BCUT2D eigenvalue weighted by Crippen LogP contribution is -2.49. The molecule has 0 aromatic carbocycles. The van der Waals surface area contributed by atoms with E-state index in [9.17, 15) is 4.79 Å². The number of furan rings is 1. The Morgan fingerprint density at radius 3 is 3.14 bits per heavy atom. The lowest BCUT2D eigenvalue weighted by atomic mass is 10.0. The van der Waals surface area contributed by atoms with Gasteiger partial charge in [0.05, 0.1) is 18.7 Å². The summed E-state index contributed by atoms with van der Waals surface area (Å²) in [5.74, 6) is 1.80. The van der Waals surface area contributed by atoms with E-state index in [2.05, 4.69) is 22.0 Å². The number of rotatable bonds is 6. The van der Waals surface area contributed by atoms with Crippen LogP contribution in [0.15, 0.2) is 40.0 Å². The zero-order valence-electron chi connectivity index (χ0n) is 11.5. The highest BCUT2D eigenvalue weighted by Crippen LogP contribution is 2.27. The molecule has 2 aromatic heterocycles. The summed E-state index contributed by atoms with van der Waals surface area (Å²) in [7, 11) is 0. The average Bonchev–Trinajstić information content (AvgIpc) is 3.09. The molecule has 0 bridgehead atoms. The topological polar surface area (TPSA) is 84.4 Å². The Morgan fingerprint density at radius 2 is 2.43 bits per heavy atom. The maximum atomic E-state index is 11.5. The second kappa shape index (κ2) is 5.92. The van der Waals surface area contributed by atoms with Crippen molar-refractivity contribution in [3.8, 4) is 11.6 Å². The first-order valence-corrected chi connectivity index (χ1v) is 6.73.